The van der Waals surface area contributed by atoms with Crippen LogP contribution in [0.1, 0.15) is 31.1 Å². The second-order valence-corrected chi connectivity index (χ2v) is 5.28. The lowest BCUT2D eigenvalue weighted by molar-refractivity contribution is 0.406. The van der Waals surface area contributed by atoms with Gasteiger partial charge in [0.15, 0.2) is 11.3 Å². The van der Waals surface area contributed by atoms with Gasteiger partial charge in [-0.3, -0.25) is 0 Å². The summed E-state index contributed by atoms with van der Waals surface area (Å²) in [4.78, 5) is 0. The molecule has 0 bridgehead atoms. The number of fused-ring (bicyclic) bond motifs is 1. The quantitative estimate of drug-likeness (QED) is 0.881. The van der Waals surface area contributed by atoms with Gasteiger partial charge >= 0.3 is 0 Å². The van der Waals surface area contributed by atoms with E-state index in [-0.39, 0.29) is 5.54 Å². The minimum Gasteiger partial charge on any atom is -0.493 e. The fourth-order valence-electron chi connectivity index (χ4n) is 2.99. The summed E-state index contributed by atoms with van der Waals surface area (Å²) in [5, 5.41) is 4.78. The van der Waals surface area contributed by atoms with Crippen LogP contribution in [0.3, 0.4) is 0 Å². The molecule has 96 valence electrons. The predicted molar refractivity (Wildman–Crippen MR) is 72.1 cm³/mol. The number of hydrogen-bond acceptors (Lipinski definition) is 3. The molecule has 2 aromatic rings. The first-order valence-corrected chi connectivity index (χ1v) is 6.47. The molecule has 1 atom stereocenters. The summed E-state index contributed by atoms with van der Waals surface area (Å²) in [5.41, 5.74) is 2.23. The molecule has 1 unspecified atom stereocenters. The monoisotopic (exact) mass is 245 g/mol. The molecule has 0 aliphatic carbocycles. The summed E-state index contributed by atoms with van der Waals surface area (Å²) < 4.78 is 11.2. The zero-order valence-electron chi connectivity index (χ0n) is 11.2. The van der Waals surface area contributed by atoms with Crippen LogP contribution in [-0.2, 0) is 5.54 Å². The fraction of sp³-hybridized carbons (Fsp3) is 0.467. The number of benzene rings is 1. The van der Waals surface area contributed by atoms with Crippen molar-refractivity contribution in [3.05, 3.63) is 29.5 Å². The SMILES string of the molecule is COc1ccc(C2(C)CCCN2)c2cc(C)oc12. The summed E-state index contributed by atoms with van der Waals surface area (Å²) in [6, 6.07) is 6.28. The summed E-state index contributed by atoms with van der Waals surface area (Å²) in [5.74, 6) is 1.74. The van der Waals surface area contributed by atoms with Gasteiger partial charge in [0.25, 0.3) is 0 Å². The number of nitrogens with one attached hydrogen (secondary N) is 1. The molecule has 3 heteroatoms. The Morgan fingerprint density at radius 2 is 2.22 bits per heavy atom. The predicted octanol–water partition coefficient (Wildman–Crippen LogP) is 3.35. The van der Waals surface area contributed by atoms with Crippen LogP contribution in [-0.4, -0.2) is 13.7 Å². The topological polar surface area (TPSA) is 34.4 Å². The van der Waals surface area contributed by atoms with Gasteiger partial charge in [-0.2, -0.15) is 0 Å². The van der Waals surface area contributed by atoms with Gasteiger partial charge in [0, 0.05) is 10.9 Å². The highest BCUT2D eigenvalue weighted by Crippen LogP contribution is 2.39. The lowest BCUT2D eigenvalue weighted by Crippen LogP contribution is -2.33. The number of furan rings is 1. The molecule has 1 fully saturated rings. The van der Waals surface area contributed by atoms with Crippen LogP contribution in [0.4, 0.5) is 0 Å². The largest absolute Gasteiger partial charge is 0.493 e. The smallest absolute Gasteiger partial charge is 0.176 e. The number of ether oxygens (including phenoxy) is 1. The lowest BCUT2D eigenvalue weighted by atomic mass is 9.88. The van der Waals surface area contributed by atoms with E-state index in [1.807, 2.05) is 13.0 Å². The minimum atomic E-state index is 0.0564. The van der Waals surface area contributed by atoms with E-state index in [9.17, 15) is 0 Å². The maximum atomic E-state index is 5.78. The second-order valence-electron chi connectivity index (χ2n) is 5.28. The van der Waals surface area contributed by atoms with Crippen molar-refractivity contribution in [2.24, 2.45) is 0 Å². The summed E-state index contributed by atoms with van der Waals surface area (Å²) in [7, 11) is 1.68. The summed E-state index contributed by atoms with van der Waals surface area (Å²) >= 11 is 0. The van der Waals surface area contributed by atoms with Gasteiger partial charge in [0.1, 0.15) is 5.76 Å². The van der Waals surface area contributed by atoms with Crippen LogP contribution in [0.15, 0.2) is 22.6 Å². The molecule has 2 heterocycles. The Balaban J connectivity index is 2.24. The zero-order valence-corrected chi connectivity index (χ0v) is 11.2. The van der Waals surface area contributed by atoms with Gasteiger partial charge in [-0.05, 0) is 50.9 Å². The Bertz CT molecular complexity index is 579. The number of rotatable bonds is 2. The molecule has 0 radical (unpaired) electrons. The van der Waals surface area contributed by atoms with Crippen LogP contribution in [0, 0.1) is 6.92 Å². The number of methoxy groups -OCH3 is 1. The van der Waals surface area contributed by atoms with E-state index in [4.69, 9.17) is 9.15 Å². The number of aryl methyl sites for hydroxylation is 1. The highest BCUT2D eigenvalue weighted by molar-refractivity contribution is 5.88. The molecular formula is C15H19NO2. The fourth-order valence-corrected chi connectivity index (χ4v) is 2.99. The van der Waals surface area contributed by atoms with Gasteiger partial charge in [-0.25, -0.2) is 0 Å². The highest BCUT2D eigenvalue weighted by Gasteiger charge is 2.32. The van der Waals surface area contributed by atoms with E-state index in [0.717, 1.165) is 23.6 Å². The van der Waals surface area contributed by atoms with E-state index in [2.05, 4.69) is 24.4 Å². The molecule has 0 saturated carbocycles. The minimum absolute atomic E-state index is 0.0564. The van der Waals surface area contributed by atoms with Crippen LogP contribution in [0.5, 0.6) is 5.75 Å². The second kappa shape index (κ2) is 4.02. The van der Waals surface area contributed by atoms with E-state index in [1.165, 1.54) is 23.8 Å². The molecule has 1 aromatic carbocycles. The van der Waals surface area contributed by atoms with Crippen LogP contribution < -0.4 is 10.1 Å². The first-order chi connectivity index (χ1) is 8.64. The molecule has 0 amide bonds. The van der Waals surface area contributed by atoms with Gasteiger partial charge in [-0.15, -0.1) is 0 Å². The van der Waals surface area contributed by atoms with Crippen LogP contribution in [0.2, 0.25) is 0 Å². The molecule has 1 aliphatic rings. The molecule has 18 heavy (non-hydrogen) atoms. The molecule has 1 saturated heterocycles. The molecule has 1 aliphatic heterocycles. The average Bonchev–Trinajstić information content (AvgIpc) is 2.94. The van der Waals surface area contributed by atoms with Gasteiger partial charge < -0.3 is 14.5 Å². The average molecular weight is 245 g/mol. The highest BCUT2D eigenvalue weighted by atomic mass is 16.5. The van der Waals surface area contributed by atoms with Crippen molar-refractivity contribution in [2.75, 3.05) is 13.7 Å². The first kappa shape index (κ1) is 11.6. The summed E-state index contributed by atoms with van der Waals surface area (Å²) in [6.07, 6.45) is 2.39. The van der Waals surface area contributed by atoms with Crippen molar-refractivity contribution in [3.63, 3.8) is 0 Å². The van der Waals surface area contributed by atoms with Gasteiger partial charge in [0.05, 0.1) is 7.11 Å². The van der Waals surface area contributed by atoms with E-state index < -0.39 is 0 Å². The maximum absolute atomic E-state index is 5.78. The maximum Gasteiger partial charge on any atom is 0.176 e. The standard InChI is InChI=1S/C15H19NO2/c1-10-9-11-12(15(2)7-4-8-16-15)5-6-13(17-3)14(11)18-10/h5-6,9,16H,4,7-8H2,1-3H3. The van der Waals surface area contributed by atoms with Crippen molar-refractivity contribution in [2.45, 2.75) is 32.2 Å². The Labute approximate surface area is 107 Å². The van der Waals surface area contributed by atoms with Crippen molar-refractivity contribution < 1.29 is 9.15 Å². The molecule has 1 aromatic heterocycles. The van der Waals surface area contributed by atoms with Gasteiger partial charge in [-0.1, -0.05) is 6.07 Å². The zero-order chi connectivity index (χ0) is 12.8. The molecule has 0 spiro atoms. The number of hydrogen-bond donors (Lipinski definition) is 1. The summed E-state index contributed by atoms with van der Waals surface area (Å²) in [6.45, 7) is 5.33. The molecular weight excluding hydrogens is 226 g/mol. The lowest BCUT2D eigenvalue weighted by Gasteiger charge is -2.26. The normalized spacial score (nSPS) is 23.7. The third-order valence-electron chi connectivity index (χ3n) is 3.95. The first-order valence-electron chi connectivity index (χ1n) is 6.47. The van der Waals surface area contributed by atoms with Crippen molar-refractivity contribution in [1.29, 1.82) is 0 Å². The Hall–Kier alpha value is -1.48. The van der Waals surface area contributed by atoms with Crippen molar-refractivity contribution in [1.82, 2.24) is 5.32 Å². The van der Waals surface area contributed by atoms with E-state index in [0.29, 0.717) is 0 Å². The third-order valence-corrected chi connectivity index (χ3v) is 3.95. The van der Waals surface area contributed by atoms with Crippen LogP contribution in [0.25, 0.3) is 11.0 Å². The Morgan fingerprint density at radius 1 is 1.39 bits per heavy atom. The van der Waals surface area contributed by atoms with Crippen LogP contribution >= 0.6 is 0 Å². The third kappa shape index (κ3) is 1.62. The van der Waals surface area contributed by atoms with Gasteiger partial charge in [0.2, 0.25) is 0 Å². The Kier molecular flexibility index (Phi) is 2.59. The van der Waals surface area contributed by atoms with Crippen molar-refractivity contribution in [3.8, 4) is 5.75 Å². The molecule has 1 N–H and O–H groups in total. The van der Waals surface area contributed by atoms with E-state index >= 15 is 0 Å². The molecule has 3 nitrogen and oxygen atoms in total. The van der Waals surface area contributed by atoms with Crippen molar-refractivity contribution >= 4 is 11.0 Å². The molecule has 3 rings (SSSR count). The Morgan fingerprint density at radius 3 is 2.89 bits per heavy atom. The van der Waals surface area contributed by atoms with E-state index in [1.54, 1.807) is 7.11 Å².